The van der Waals surface area contributed by atoms with Crippen molar-refractivity contribution in [1.82, 2.24) is 4.98 Å². The number of aliphatic hydroxyl groups excluding tert-OH is 1. The smallest absolute Gasteiger partial charge is 0.393 e. The molecule has 0 aromatic carbocycles. The van der Waals surface area contributed by atoms with Gasteiger partial charge in [0.2, 0.25) is 0 Å². The maximum atomic E-state index is 12.2. The Bertz CT molecular complexity index is 330. The number of alkyl halides is 3. The Balaban J connectivity index is 2.11. The number of thiazole rings is 1. The first kappa shape index (κ1) is 9.92. The lowest BCUT2D eigenvalue weighted by Crippen LogP contribution is -2.26. The van der Waals surface area contributed by atoms with Crippen LogP contribution in [0.5, 0.6) is 0 Å². The van der Waals surface area contributed by atoms with Gasteiger partial charge in [0, 0.05) is 11.3 Å². The van der Waals surface area contributed by atoms with Crippen molar-refractivity contribution in [3.8, 4) is 0 Å². The zero-order valence-electron chi connectivity index (χ0n) is 7.08. The molecule has 0 amide bonds. The zero-order valence-corrected chi connectivity index (χ0v) is 7.90. The van der Waals surface area contributed by atoms with Crippen LogP contribution in [0.25, 0.3) is 0 Å². The van der Waals surface area contributed by atoms with Crippen molar-refractivity contribution in [1.29, 1.82) is 0 Å². The van der Waals surface area contributed by atoms with Crippen LogP contribution in [0, 0.1) is 0 Å². The minimum absolute atomic E-state index is 0.0195. The second-order valence-electron chi connectivity index (χ2n) is 3.39. The molecule has 6 heteroatoms. The monoisotopic (exact) mass is 223 g/mol. The highest BCUT2D eigenvalue weighted by Crippen LogP contribution is 2.40. The SMILES string of the molecule is OC1CC(c2nc(C(F)(F)F)cs2)C1. The maximum absolute atomic E-state index is 12.2. The number of hydrogen-bond acceptors (Lipinski definition) is 3. The fourth-order valence-corrected chi connectivity index (χ4v) is 2.35. The molecule has 0 saturated heterocycles. The largest absolute Gasteiger partial charge is 0.434 e. The quantitative estimate of drug-likeness (QED) is 0.793. The topological polar surface area (TPSA) is 33.1 Å². The second kappa shape index (κ2) is 3.20. The van der Waals surface area contributed by atoms with Gasteiger partial charge in [-0.1, -0.05) is 0 Å². The highest BCUT2D eigenvalue weighted by atomic mass is 32.1. The molecular formula is C8H8F3NOS. The molecule has 0 bridgehead atoms. The summed E-state index contributed by atoms with van der Waals surface area (Å²) >= 11 is 1.02. The third-order valence-corrected chi connectivity index (χ3v) is 3.28. The van der Waals surface area contributed by atoms with Crippen molar-refractivity contribution in [3.63, 3.8) is 0 Å². The molecule has 1 aliphatic carbocycles. The van der Waals surface area contributed by atoms with Gasteiger partial charge >= 0.3 is 6.18 Å². The van der Waals surface area contributed by atoms with Crippen LogP contribution in [0.2, 0.25) is 0 Å². The summed E-state index contributed by atoms with van der Waals surface area (Å²) < 4.78 is 36.5. The lowest BCUT2D eigenvalue weighted by molar-refractivity contribution is -0.140. The van der Waals surface area contributed by atoms with E-state index in [1.807, 2.05) is 0 Å². The first-order valence-electron chi connectivity index (χ1n) is 4.17. The Morgan fingerprint density at radius 2 is 2.07 bits per heavy atom. The Hall–Kier alpha value is -0.620. The van der Waals surface area contributed by atoms with Crippen LogP contribution in [0.4, 0.5) is 13.2 Å². The first-order valence-corrected chi connectivity index (χ1v) is 5.05. The van der Waals surface area contributed by atoms with Crippen molar-refractivity contribution in [3.05, 3.63) is 16.1 Å². The van der Waals surface area contributed by atoms with Crippen LogP contribution in [0.3, 0.4) is 0 Å². The Kier molecular flexibility index (Phi) is 2.27. The van der Waals surface area contributed by atoms with Gasteiger partial charge in [0.05, 0.1) is 11.1 Å². The van der Waals surface area contributed by atoms with Crippen molar-refractivity contribution in [2.45, 2.75) is 31.0 Å². The van der Waals surface area contributed by atoms with E-state index < -0.39 is 11.9 Å². The molecule has 1 heterocycles. The fraction of sp³-hybridized carbons (Fsp3) is 0.625. The molecule has 1 saturated carbocycles. The van der Waals surface area contributed by atoms with Crippen molar-refractivity contribution < 1.29 is 18.3 Å². The molecule has 14 heavy (non-hydrogen) atoms. The van der Waals surface area contributed by atoms with Crippen LogP contribution in [0.1, 0.15) is 29.5 Å². The predicted molar refractivity (Wildman–Crippen MR) is 45.1 cm³/mol. The molecule has 2 rings (SSSR count). The number of aromatic nitrogens is 1. The third kappa shape index (κ3) is 1.76. The molecule has 1 fully saturated rings. The lowest BCUT2D eigenvalue weighted by atomic mass is 9.83. The zero-order chi connectivity index (χ0) is 10.3. The van der Waals surface area contributed by atoms with Gasteiger partial charge in [-0.3, -0.25) is 0 Å². The summed E-state index contributed by atoms with van der Waals surface area (Å²) in [6, 6.07) is 0. The summed E-state index contributed by atoms with van der Waals surface area (Å²) in [5, 5.41) is 10.5. The van der Waals surface area contributed by atoms with E-state index in [0.29, 0.717) is 17.8 Å². The molecule has 1 aliphatic rings. The average Bonchev–Trinajstić information content (AvgIpc) is 2.45. The van der Waals surface area contributed by atoms with Crippen LogP contribution in [0.15, 0.2) is 5.38 Å². The molecule has 0 spiro atoms. The Morgan fingerprint density at radius 1 is 1.43 bits per heavy atom. The molecule has 0 aliphatic heterocycles. The molecule has 1 N–H and O–H groups in total. The van der Waals surface area contributed by atoms with Gasteiger partial charge in [0.15, 0.2) is 5.69 Å². The van der Waals surface area contributed by atoms with E-state index in [9.17, 15) is 13.2 Å². The van der Waals surface area contributed by atoms with Gasteiger partial charge in [-0.25, -0.2) is 4.98 Å². The maximum Gasteiger partial charge on any atom is 0.434 e. The molecule has 0 atom stereocenters. The van der Waals surface area contributed by atoms with Crippen LogP contribution in [-0.4, -0.2) is 16.2 Å². The van der Waals surface area contributed by atoms with Gasteiger partial charge in [0.25, 0.3) is 0 Å². The van der Waals surface area contributed by atoms with E-state index >= 15 is 0 Å². The third-order valence-electron chi connectivity index (χ3n) is 2.27. The van der Waals surface area contributed by atoms with Crippen molar-refractivity contribution in [2.75, 3.05) is 0 Å². The highest BCUT2D eigenvalue weighted by Gasteiger charge is 2.36. The number of rotatable bonds is 1. The van der Waals surface area contributed by atoms with E-state index in [4.69, 9.17) is 5.11 Å². The fourth-order valence-electron chi connectivity index (χ4n) is 1.39. The van der Waals surface area contributed by atoms with E-state index in [1.165, 1.54) is 0 Å². The van der Waals surface area contributed by atoms with Crippen LogP contribution >= 0.6 is 11.3 Å². The first-order chi connectivity index (χ1) is 6.47. The van der Waals surface area contributed by atoms with Crippen molar-refractivity contribution >= 4 is 11.3 Å². The van der Waals surface area contributed by atoms with Gasteiger partial charge < -0.3 is 5.11 Å². The number of hydrogen-bond donors (Lipinski definition) is 1. The van der Waals surface area contributed by atoms with E-state index in [2.05, 4.69) is 4.98 Å². The van der Waals surface area contributed by atoms with Gasteiger partial charge in [-0.05, 0) is 12.8 Å². The van der Waals surface area contributed by atoms with Gasteiger partial charge in [-0.15, -0.1) is 11.3 Å². The summed E-state index contributed by atoms with van der Waals surface area (Å²) in [5.41, 5.74) is -0.820. The summed E-state index contributed by atoms with van der Waals surface area (Å²) in [7, 11) is 0. The molecule has 0 radical (unpaired) electrons. The lowest BCUT2D eigenvalue weighted by Gasteiger charge is -2.29. The Morgan fingerprint density at radius 3 is 2.50 bits per heavy atom. The summed E-state index contributed by atoms with van der Waals surface area (Å²) in [5.74, 6) is 0.0195. The molecule has 78 valence electrons. The number of nitrogens with zero attached hydrogens (tertiary/aromatic N) is 1. The standard InChI is InChI=1S/C8H8F3NOS/c9-8(10,11)6-3-14-7(12-6)4-1-5(13)2-4/h3-5,13H,1-2H2. The molecular weight excluding hydrogens is 215 g/mol. The molecule has 1 aromatic rings. The van der Waals surface area contributed by atoms with E-state index in [-0.39, 0.29) is 12.0 Å². The summed E-state index contributed by atoms with van der Waals surface area (Å²) in [6.07, 6.45) is -3.65. The second-order valence-corrected chi connectivity index (χ2v) is 4.28. The van der Waals surface area contributed by atoms with Crippen molar-refractivity contribution in [2.24, 2.45) is 0 Å². The predicted octanol–water partition coefficient (Wildman–Crippen LogP) is 2.40. The number of aliphatic hydroxyl groups is 1. The minimum Gasteiger partial charge on any atom is -0.393 e. The molecule has 2 nitrogen and oxygen atoms in total. The highest BCUT2D eigenvalue weighted by molar-refractivity contribution is 7.09. The van der Waals surface area contributed by atoms with Gasteiger partial charge in [0.1, 0.15) is 0 Å². The molecule has 0 unspecified atom stereocenters. The van der Waals surface area contributed by atoms with Crippen LogP contribution in [-0.2, 0) is 6.18 Å². The number of halogens is 3. The van der Waals surface area contributed by atoms with E-state index in [0.717, 1.165) is 16.7 Å². The summed E-state index contributed by atoms with van der Waals surface area (Å²) in [4.78, 5) is 3.52. The minimum atomic E-state index is -4.35. The summed E-state index contributed by atoms with van der Waals surface area (Å²) in [6.45, 7) is 0. The molecule has 1 aromatic heterocycles. The Labute approximate surface area is 82.4 Å². The van der Waals surface area contributed by atoms with Gasteiger partial charge in [-0.2, -0.15) is 13.2 Å². The average molecular weight is 223 g/mol. The van der Waals surface area contributed by atoms with Crippen LogP contribution < -0.4 is 0 Å². The van der Waals surface area contributed by atoms with E-state index in [1.54, 1.807) is 0 Å². The normalized spacial score (nSPS) is 27.4.